The lowest BCUT2D eigenvalue weighted by molar-refractivity contribution is 0.102. The molecule has 0 aliphatic heterocycles. The molecule has 112 valence electrons. The van der Waals surface area contributed by atoms with Crippen molar-refractivity contribution in [2.45, 2.75) is 26.2 Å². The highest BCUT2D eigenvalue weighted by Crippen LogP contribution is 2.29. The van der Waals surface area contributed by atoms with Crippen LogP contribution >= 0.6 is 0 Å². The summed E-state index contributed by atoms with van der Waals surface area (Å²) in [5, 5.41) is 7.19. The molecule has 22 heavy (non-hydrogen) atoms. The summed E-state index contributed by atoms with van der Waals surface area (Å²) >= 11 is 0. The van der Waals surface area contributed by atoms with Crippen molar-refractivity contribution in [2.75, 3.05) is 5.32 Å². The topological polar surface area (TPSA) is 59.3 Å². The average Bonchev–Trinajstić information content (AvgIpc) is 2.90. The van der Waals surface area contributed by atoms with Crippen molar-refractivity contribution in [3.63, 3.8) is 0 Å². The summed E-state index contributed by atoms with van der Waals surface area (Å²) < 4.78 is 1.59. The van der Waals surface area contributed by atoms with Gasteiger partial charge in [0.2, 0.25) is 0 Å². The molecule has 0 spiro atoms. The second kappa shape index (κ2) is 5.26. The molecule has 0 aliphatic carbocycles. The van der Waals surface area contributed by atoms with Gasteiger partial charge in [0.25, 0.3) is 5.91 Å². The molecular weight excluding hydrogens is 276 g/mol. The molecular formula is C17H18N4O. The van der Waals surface area contributed by atoms with Crippen molar-refractivity contribution in [2.24, 2.45) is 0 Å². The molecule has 0 unspecified atom stereocenters. The molecule has 0 bridgehead atoms. The number of fused-ring (bicyclic) bond motifs is 1. The second-order valence-corrected chi connectivity index (χ2v) is 6.20. The third kappa shape index (κ3) is 2.70. The maximum atomic E-state index is 12.4. The van der Waals surface area contributed by atoms with Crippen LogP contribution in [0.3, 0.4) is 0 Å². The zero-order chi connectivity index (χ0) is 15.7. The summed E-state index contributed by atoms with van der Waals surface area (Å²) in [6.45, 7) is 6.35. The first-order valence-electron chi connectivity index (χ1n) is 7.16. The van der Waals surface area contributed by atoms with Gasteiger partial charge in [0.15, 0.2) is 11.3 Å². The summed E-state index contributed by atoms with van der Waals surface area (Å²) in [5.41, 5.74) is 2.85. The molecule has 2 heterocycles. The fourth-order valence-corrected chi connectivity index (χ4v) is 2.37. The van der Waals surface area contributed by atoms with E-state index in [1.807, 2.05) is 24.3 Å². The van der Waals surface area contributed by atoms with Crippen LogP contribution in [0.25, 0.3) is 5.65 Å². The predicted octanol–water partition coefficient (Wildman–Crippen LogP) is 3.28. The van der Waals surface area contributed by atoms with E-state index >= 15 is 0 Å². The Kier molecular flexibility index (Phi) is 3.41. The monoisotopic (exact) mass is 294 g/mol. The minimum Gasteiger partial charge on any atom is -0.320 e. The number of nitrogens with one attached hydrogen (secondary N) is 1. The fraction of sp³-hybridized carbons (Fsp3) is 0.235. The number of nitrogens with zero attached hydrogens (tertiary/aromatic N) is 3. The Labute approximate surface area is 129 Å². The number of hydrogen-bond acceptors (Lipinski definition) is 3. The fourth-order valence-electron chi connectivity index (χ4n) is 2.37. The quantitative estimate of drug-likeness (QED) is 0.789. The molecule has 0 aliphatic rings. The minimum atomic E-state index is -0.234. The highest BCUT2D eigenvalue weighted by Gasteiger charge is 2.19. The zero-order valence-electron chi connectivity index (χ0n) is 12.9. The molecule has 1 aromatic carbocycles. The molecule has 1 N–H and O–H groups in total. The lowest BCUT2D eigenvalue weighted by Gasteiger charge is -2.22. The Balaban J connectivity index is 1.92. The molecule has 1 amide bonds. The van der Waals surface area contributed by atoms with Crippen LogP contribution in [0.1, 0.15) is 36.8 Å². The van der Waals surface area contributed by atoms with E-state index in [1.165, 1.54) is 0 Å². The molecule has 5 heteroatoms. The molecule has 3 aromatic rings. The Morgan fingerprint density at radius 1 is 1.18 bits per heavy atom. The van der Waals surface area contributed by atoms with E-state index in [0.29, 0.717) is 11.3 Å². The van der Waals surface area contributed by atoms with Crippen molar-refractivity contribution in [1.82, 2.24) is 14.6 Å². The van der Waals surface area contributed by atoms with Crippen LogP contribution in [-0.4, -0.2) is 20.5 Å². The highest BCUT2D eigenvalue weighted by atomic mass is 16.1. The van der Waals surface area contributed by atoms with Gasteiger partial charge >= 0.3 is 0 Å². The van der Waals surface area contributed by atoms with E-state index in [1.54, 1.807) is 29.0 Å². The van der Waals surface area contributed by atoms with Gasteiger partial charge in [-0.25, -0.2) is 9.50 Å². The van der Waals surface area contributed by atoms with Crippen LogP contribution in [-0.2, 0) is 5.41 Å². The molecule has 0 radical (unpaired) electrons. The summed E-state index contributed by atoms with van der Waals surface area (Å²) in [4.78, 5) is 16.6. The normalized spacial score (nSPS) is 11.6. The van der Waals surface area contributed by atoms with E-state index in [0.717, 1.165) is 11.3 Å². The van der Waals surface area contributed by atoms with Gasteiger partial charge in [0.1, 0.15) is 0 Å². The molecule has 5 nitrogen and oxygen atoms in total. The smallest absolute Gasteiger partial charge is 0.276 e. The summed E-state index contributed by atoms with van der Waals surface area (Å²) in [7, 11) is 0. The molecule has 0 atom stereocenters. The second-order valence-electron chi connectivity index (χ2n) is 6.20. The third-order valence-corrected chi connectivity index (χ3v) is 3.45. The van der Waals surface area contributed by atoms with Gasteiger partial charge in [-0.1, -0.05) is 39.0 Å². The van der Waals surface area contributed by atoms with Gasteiger partial charge in [-0.05, 0) is 23.1 Å². The summed E-state index contributed by atoms with van der Waals surface area (Å²) in [5.74, 6) is -0.234. The van der Waals surface area contributed by atoms with Crippen LogP contribution in [0.15, 0.2) is 48.8 Å². The van der Waals surface area contributed by atoms with E-state index in [-0.39, 0.29) is 11.3 Å². The largest absolute Gasteiger partial charge is 0.320 e. The summed E-state index contributed by atoms with van der Waals surface area (Å²) in [6.07, 6.45) is 3.44. The van der Waals surface area contributed by atoms with Crippen LogP contribution in [0.2, 0.25) is 0 Å². The Morgan fingerprint density at radius 3 is 2.68 bits per heavy atom. The van der Waals surface area contributed by atoms with Crippen molar-refractivity contribution in [3.8, 4) is 0 Å². The van der Waals surface area contributed by atoms with E-state index in [4.69, 9.17) is 0 Å². The Hall–Kier alpha value is -2.69. The first-order valence-corrected chi connectivity index (χ1v) is 7.16. The van der Waals surface area contributed by atoms with Crippen LogP contribution in [0.4, 0.5) is 5.69 Å². The predicted molar refractivity (Wildman–Crippen MR) is 86.1 cm³/mol. The lowest BCUT2D eigenvalue weighted by Crippen LogP contribution is -2.19. The van der Waals surface area contributed by atoms with Crippen molar-refractivity contribution in [3.05, 3.63) is 60.0 Å². The van der Waals surface area contributed by atoms with Crippen molar-refractivity contribution in [1.29, 1.82) is 0 Å². The molecule has 0 saturated carbocycles. The molecule has 0 saturated heterocycles. The van der Waals surface area contributed by atoms with Gasteiger partial charge in [0, 0.05) is 24.1 Å². The third-order valence-electron chi connectivity index (χ3n) is 3.45. The Morgan fingerprint density at radius 2 is 1.95 bits per heavy atom. The van der Waals surface area contributed by atoms with E-state index < -0.39 is 0 Å². The number of para-hydroxylation sites is 1. The maximum absolute atomic E-state index is 12.4. The van der Waals surface area contributed by atoms with Crippen molar-refractivity contribution >= 4 is 17.2 Å². The van der Waals surface area contributed by atoms with Gasteiger partial charge in [-0.15, -0.1) is 0 Å². The van der Waals surface area contributed by atoms with Gasteiger partial charge in [0.05, 0.1) is 0 Å². The van der Waals surface area contributed by atoms with E-state index in [2.05, 4.69) is 36.2 Å². The number of carbonyl (C=O) groups is 1. The van der Waals surface area contributed by atoms with Gasteiger partial charge in [-0.3, -0.25) is 4.79 Å². The summed E-state index contributed by atoms with van der Waals surface area (Å²) in [6, 6.07) is 11.3. The maximum Gasteiger partial charge on any atom is 0.276 e. The number of hydrogen-bond donors (Lipinski definition) is 1. The Bertz CT molecular complexity index is 797. The SMILES string of the molecule is CC(C)(C)c1ccccc1NC(=O)c1cc2ncccn2n1. The lowest BCUT2D eigenvalue weighted by atomic mass is 9.86. The minimum absolute atomic E-state index is 0.0512. The number of benzene rings is 1. The standard InChI is InChI=1S/C17H18N4O/c1-17(2,3)12-7-4-5-8-13(12)19-16(22)14-11-15-18-9-6-10-21(15)20-14/h4-11H,1-3H3,(H,19,22). The highest BCUT2D eigenvalue weighted by molar-refractivity contribution is 6.04. The number of amides is 1. The number of rotatable bonds is 2. The number of anilines is 1. The van der Waals surface area contributed by atoms with Crippen LogP contribution in [0, 0.1) is 0 Å². The van der Waals surface area contributed by atoms with Crippen LogP contribution in [0.5, 0.6) is 0 Å². The molecule has 3 rings (SSSR count). The van der Waals surface area contributed by atoms with Crippen LogP contribution < -0.4 is 5.32 Å². The first-order chi connectivity index (χ1) is 10.4. The number of aromatic nitrogens is 3. The first kappa shape index (κ1) is 14.3. The van der Waals surface area contributed by atoms with Crippen molar-refractivity contribution < 1.29 is 4.79 Å². The van der Waals surface area contributed by atoms with Gasteiger partial charge < -0.3 is 5.32 Å². The average molecular weight is 294 g/mol. The molecule has 0 fully saturated rings. The number of carbonyl (C=O) groups excluding carboxylic acids is 1. The zero-order valence-corrected chi connectivity index (χ0v) is 12.9. The van der Waals surface area contributed by atoms with Gasteiger partial charge in [-0.2, -0.15) is 5.10 Å². The van der Waals surface area contributed by atoms with E-state index in [9.17, 15) is 4.79 Å². The molecule has 2 aromatic heterocycles.